The standard InChI is InChI=1S/C17H20Cl2N2O2/c18-14-8-9-16(15(19)11-14)23-10-4-7-17(22)21-20-12-13-5-2-1-3-6-13/h1-2,8-9,11-13H,3-7,10H2,(H,21,22). The molecule has 1 aliphatic rings. The third kappa shape index (κ3) is 6.63. The molecule has 1 amide bonds. The SMILES string of the molecule is O=C(CCCOc1ccc(Cl)cc1Cl)NN=CC1CC=CCC1. The Morgan fingerprint density at radius 3 is 3.00 bits per heavy atom. The summed E-state index contributed by atoms with van der Waals surface area (Å²) in [7, 11) is 0. The van der Waals surface area contributed by atoms with Crippen molar-refractivity contribution < 1.29 is 9.53 Å². The monoisotopic (exact) mass is 354 g/mol. The molecule has 0 radical (unpaired) electrons. The van der Waals surface area contributed by atoms with Crippen molar-refractivity contribution in [2.75, 3.05) is 6.61 Å². The van der Waals surface area contributed by atoms with Gasteiger partial charge in [-0.1, -0.05) is 35.4 Å². The predicted octanol–water partition coefficient (Wildman–Crippen LogP) is 4.61. The van der Waals surface area contributed by atoms with E-state index in [1.807, 2.05) is 6.21 Å². The van der Waals surface area contributed by atoms with Gasteiger partial charge in [-0.2, -0.15) is 5.10 Å². The van der Waals surface area contributed by atoms with Crippen LogP contribution in [0.15, 0.2) is 35.5 Å². The van der Waals surface area contributed by atoms with Gasteiger partial charge < -0.3 is 4.74 Å². The van der Waals surface area contributed by atoms with Crippen molar-refractivity contribution in [1.29, 1.82) is 0 Å². The molecule has 23 heavy (non-hydrogen) atoms. The Morgan fingerprint density at radius 2 is 2.26 bits per heavy atom. The number of carbonyl (C=O) groups excluding carboxylic acids is 1. The number of hydrazone groups is 1. The first-order chi connectivity index (χ1) is 11.1. The fraction of sp³-hybridized carbons (Fsp3) is 0.412. The number of amides is 1. The summed E-state index contributed by atoms with van der Waals surface area (Å²) in [5, 5.41) is 5.05. The molecule has 2 rings (SSSR count). The molecule has 0 aliphatic heterocycles. The van der Waals surface area contributed by atoms with Gasteiger partial charge >= 0.3 is 0 Å². The number of benzene rings is 1. The van der Waals surface area contributed by atoms with Gasteiger partial charge in [0.15, 0.2) is 0 Å². The van der Waals surface area contributed by atoms with Gasteiger partial charge in [0.1, 0.15) is 5.75 Å². The fourth-order valence-corrected chi connectivity index (χ4v) is 2.69. The van der Waals surface area contributed by atoms with E-state index in [1.165, 1.54) is 0 Å². The second-order valence-electron chi connectivity index (χ2n) is 5.38. The number of allylic oxidation sites excluding steroid dienone is 2. The van der Waals surface area contributed by atoms with Gasteiger partial charge in [-0.15, -0.1) is 0 Å². The number of nitrogens with one attached hydrogen (secondary N) is 1. The van der Waals surface area contributed by atoms with Crippen LogP contribution in [0.4, 0.5) is 0 Å². The molecule has 0 saturated heterocycles. The van der Waals surface area contributed by atoms with E-state index in [0.717, 1.165) is 19.3 Å². The number of rotatable bonds is 7. The summed E-state index contributed by atoms with van der Waals surface area (Å²) in [5.74, 6) is 0.883. The molecular formula is C17H20Cl2N2O2. The molecule has 0 bridgehead atoms. The van der Waals surface area contributed by atoms with Crippen LogP contribution in [0, 0.1) is 5.92 Å². The molecule has 1 unspecified atom stereocenters. The first-order valence-corrected chi connectivity index (χ1v) is 8.45. The summed E-state index contributed by atoms with van der Waals surface area (Å²) in [5.41, 5.74) is 2.55. The summed E-state index contributed by atoms with van der Waals surface area (Å²) in [6.45, 7) is 0.409. The smallest absolute Gasteiger partial charge is 0.240 e. The highest BCUT2D eigenvalue weighted by atomic mass is 35.5. The molecule has 6 heteroatoms. The minimum Gasteiger partial charge on any atom is -0.492 e. The maximum atomic E-state index is 11.7. The van der Waals surface area contributed by atoms with Crippen LogP contribution in [0.2, 0.25) is 10.0 Å². The predicted molar refractivity (Wildman–Crippen MR) is 94.3 cm³/mol. The molecule has 0 saturated carbocycles. The lowest BCUT2D eigenvalue weighted by Crippen LogP contribution is -2.19. The highest BCUT2D eigenvalue weighted by Gasteiger charge is 2.07. The number of halogens is 2. The quantitative estimate of drug-likeness (QED) is 0.336. The average molecular weight is 355 g/mol. The van der Waals surface area contributed by atoms with Crippen LogP contribution in [0.5, 0.6) is 5.75 Å². The molecule has 0 spiro atoms. The van der Waals surface area contributed by atoms with Crippen LogP contribution in [0.25, 0.3) is 0 Å². The normalized spacial score (nSPS) is 17.4. The van der Waals surface area contributed by atoms with Gasteiger partial charge in [-0.05, 0) is 49.8 Å². The Bertz CT molecular complexity index is 588. The Hall–Kier alpha value is -1.52. The molecule has 4 nitrogen and oxygen atoms in total. The van der Waals surface area contributed by atoms with E-state index in [4.69, 9.17) is 27.9 Å². The zero-order valence-corrected chi connectivity index (χ0v) is 14.3. The highest BCUT2D eigenvalue weighted by molar-refractivity contribution is 6.35. The molecule has 0 fully saturated rings. The van der Waals surface area contributed by atoms with Crippen LogP contribution in [-0.4, -0.2) is 18.7 Å². The van der Waals surface area contributed by atoms with Crippen molar-refractivity contribution in [3.63, 3.8) is 0 Å². The molecule has 0 heterocycles. The maximum Gasteiger partial charge on any atom is 0.240 e. The molecule has 1 aliphatic carbocycles. The van der Waals surface area contributed by atoms with Crippen LogP contribution >= 0.6 is 23.2 Å². The van der Waals surface area contributed by atoms with Crippen LogP contribution in [0.3, 0.4) is 0 Å². The minimum atomic E-state index is -0.113. The Kier molecular flexibility index (Phi) is 7.43. The van der Waals surface area contributed by atoms with Gasteiger partial charge in [0, 0.05) is 17.7 Å². The highest BCUT2D eigenvalue weighted by Crippen LogP contribution is 2.27. The zero-order chi connectivity index (χ0) is 16.5. The summed E-state index contributed by atoms with van der Waals surface area (Å²) >= 11 is 11.8. The minimum absolute atomic E-state index is 0.113. The molecule has 124 valence electrons. The van der Waals surface area contributed by atoms with Gasteiger partial charge in [0.05, 0.1) is 11.6 Å². The zero-order valence-electron chi connectivity index (χ0n) is 12.8. The molecule has 1 N–H and O–H groups in total. The third-order valence-corrected chi connectivity index (χ3v) is 4.01. The lowest BCUT2D eigenvalue weighted by Gasteiger charge is -2.11. The Morgan fingerprint density at radius 1 is 1.39 bits per heavy atom. The summed E-state index contributed by atoms with van der Waals surface area (Å²) in [6, 6.07) is 5.05. The van der Waals surface area contributed by atoms with Gasteiger partial charge in [-0.3, -0.25) is 4.79 Å². The fourth-order valence-electron chi connectivity index (χ4n) is 2.23. The number of hydrogen-bond donors (Lipinski definition) is 1. The van der Waals surface area contributed by atoms with E-state index in [1.54, 1.807) is 18.2 Å². The van der Waals surface area contributed by atoms with E-state index in [2.05, 4.69) is 22.7 Å². The van der Waals surface area contributed by atoms with Crippen molar-refractivity contribution in [3.05, 3.63) is 40.4 Å². The lowest BCUT2D eigenvalue weighted by atomic mass is 9.96. The third-order valence-electron chi connectivity index (χ3n) is 3.48. The number of hydrogen-bond acceptors (Lipinski definition) is 3. The second kappa shape index (κ2) is 9.58. The average Bonchev–Trinajstić information content (AvgIpc) is 2.54. The van der Waals surface area contributed by atoms with Crippen molar-refractivity contribution in [2.45, 2.75) is 32.1 Å². The Balaban J connectivity index is 1.61. The van der Waals surface area contributed by atoms with Crippen molar-refractivity contribution >= 4 is 35.3 Å². The van der Waals surface area contributed by atoms with Gasteiger partial charge in [0.2, 0.25) is 5.91 Å². The summed E-state index contributed by atoms with van der Waals surface area (Å²) in [6.07, 6.45) is 10.3. The maximum absolute atomic E-state index is 11.7. The summed E-state index contributed by atoms with van der Waals surface area (Å²) in [4.78, 5) is 11.7. The second-order valence-corrected chi connectivity index (χ2v) is 6.23. The van der Waals surface area contributed by atoms with Crippen LogP contribution < -0.4 is 10.2 Å². The van der Waals surface area contributed by atoms with Crippen molar-refractivity contribution in [1.82, 2.24) is 5.43 Å². The van der Waals surface area contributed by atoms with Crippen LogP contribution in [0.1, 0.15) is 32.1 Å². The molecule has 1 aromatic carbocycles. The van der Waals surface area contributed by atoms with E-state index in [9.17, 15) is 4.79 Å². The first kappa shape index (κ1) is 17.8. The topological polar surface area (TPSA) is 50.7 Å². The molecule has 1 atom stereocenters. The Labute approximate surface area is 146 Å². The van der Waals surface area contributed by atoms with E-state index < -0.39 is 0 Å². The molecule has 0 aromatic heterocycles. The summed E-state index contributed by atoms with van der Waals surface area (Å²) < 4.78 is 5.53. The molecule has 1 aromatic rings. The van der Waals surface area contributed by atoms with Gasteiger partial charge in [-0.25, -0.2) is 5.43 Å². The number of carbonyl (C=O) groups is 1. The van der Waals surface area contributed by atoms with Gasteiger partial charge in [0.25, 0.3) is 0 Å². The first-order valence-electron chi connectivity index (χ1n) is 7.70. The lowest BCUT2D eigenvalue weighted by molar-refractivity contribution is -0.121. The van der Waals surface area contributed by atoms with Crippen molar-refractivity contribution in [2.24, 2.45) is 11.0 Å². The number of ether oxygens (including phenoxy) is 1. The van der Waals surface area contributed by atoms with Crippen molar-refractivity contribution in [3.8, 4) is 5.75 Å². The van der Waals surface area contributed by atoms with Crippen LogP contribution in [-0.2, 0) is 4.79 Å². The van der Waals surface area contributed by atoms with E-state index in [0.29, 0.717) is 41.2 Å². The van der Waals surface area contributed by atoms with E-state index in [-0.39, 0.29) is 5.91 Å². The molecular weight excluding hydrogens is 335 g/mol. The largest absolute Gasteiger partial charge is 0.492 e. The van der Waals surface area contributed by atoms with E-state index >= 15 is 0 Å². The number of nitrogens with zero attached hydrogens (tertiary/aromatic N) is 1.